The Morgan fingerprint density at radius 1 is 1.18 bits per heavy atom. The number of nitrogens with zero attached hydrogens (tertiary/aromatic N) is 3. The molecule has 0 aliphatic heterocycles. The van der Waals surface area contributed by atoms with Crippen LogP contribution in [0.4, 0.5) is 5.95 Å². The SMILES string of the molecule is O=C(Nc1nnc2ccccn12)C1CC1c1ccccc1Br. The van der Waals surface area contributed by atoms with Crippen LogP contribution in [0.3, 0.4) is 0 Å². The van der Waals surface area contributed by atoms with Gasteiger partial charge in [0.05, 0.1) is 0 Å². The van der Waals surface area contributed by atoms with Crippen molar-refractivity contribution in [2.75, 3.05) is 5.32 Å². The molecular formula is C16H13BrN4O. The normalized spacial score (nSPS) is 20.0. The molecule has 0 spiro atoms. The van der Waals surface area contributed by atoms with Crippen LogP contribution < -0.4 is 5.32 Å². The summed E-state index contributed by atoms with van der Waals surface area (Å²) >= 11 is 3.55. The van der Waals surface area contributed by atoms with E-state index in [2.05, 4.69) is 37.5 Å². The average Bonchev–Trinajstić information content (AvgIpc) is 3.24. The standard InChI is InChI=1S/C16H13BrN4O/c17-13-6-2-1-5-10(13)11-9-12(11)15(22)18-16-20-19-14-7-3-4-8-21(14)16/h1-8,11-12H,9H2,(H,18,20,22). The molecule has 1 amide bonds. The lowest BCUT2D eigenvalue weighted by atomic mass is 10.1. The van der Waals surface area contributed by atoms with E-state index in [1.807, 2.05) is 42.6 Å². The lowest BCUT2D eigenvalue weighted by Crippen LogP contribution is -2.16. The molecule has 2 heterocycles. The van der Waals surface area contributed by atoms with Crippen LogP contribution in [0.1, 0.15) is 17.9 Å². The molecule has 0 bridgehead atoms. The van der Waals surface area contributed by atoms with Crippen molar-refractivity contribution in [2.24, 2.45) is 5.92 Å². The Balaban J connectivity index is 1.51. The van der Waals surface area contributed by atoms with Crippen molar-refractivity contribution in [3.8, 4) is 0 Å². The number of amides is 1. The maximum absolute atomic E-state index is 12.4. The third-order valence-corrected chi connectivity index (χ3v) is 4.70. The van der Waals surface area contributed by atoms with E-state index in [1.54, 1.807) is 4.40 Å². The lowest BCUT2D eigenvalue weighted by molar-refractivity contribution is -0.117. The van der Waals surface area contributed by atoms with Gasteiger partial charge in [0.1, 0.15) is 0 Å². The predicted octanol–water partition coefficient (Wildman–Crippen LogP) is 3.23. The maximum Gasteiger partial charge on any atom is 0.235 e. The Morgan fingerprint density at radius 2 is 2.00 bits per heavy atom. The first-order chi connectivity index (χ1) is 10.7. The Labute approximate surface area is 135 Å². The van der Waals surface area contributed by atoms with E-state index in [9.17, 15) is 4.79 Å². The number of anilines is 1. The number of halogens is 1. The molecule has 4 rings (SSSR count). The third-order valence-electron chi connectivity index (χ3n) is 3.98. The topological polar surface area (TPSA) is 59.3 Å². The molecule has 2 atom stereocenters. The molecule has 0 saturated heterocycles. The number of hydrogen-bond acceptors (Lipinski definition) is 3. The zero-order valence-corrected chi connectivity index (χ0v) is 13.2. The molecule has 6 heteroatoms. The second-order valence-corrected chi connectivity index (χ2v) is 6.27. The summed E-state index contributed by atoms with van der Waals surface area (Å²) in [7, 11) is 0. The van der Waals surface area contributed by atoms with Gasteiger partial charge in [-0.1, -0.05) is 40.2 Å². The summed E-state index contributed by atoms with van der Waals surface area (Å²) < 4.78 is 2.83. The quantitative estimate of drug-likeness (QED) is 0.783. The van der Waals surface area contributed by atoms with Gasteiger partial charge >= 0.3 is 0 Å². The van der Waals surface area contributed by atoms with E-state index in [1.165, 1.54) is 5.56 Å². The molecule has 1 aromatic carbocycles. The molecule has 1 aliphatic carbocycles. The fraction of sp³-hybridized carbons (Fsp3) is 0.188. The van der Waals surface area contributed by atoms with E-state index in [-0.39, 0.29) is 17.7 Å². The minimum atomic E-state index is -0.00485. The number of fused-ring (bicyclic) bond motifs is 1. The Kier molecular flexibility index (Phi) is 3.18. The second-order valence-electron chi connectivity index (χ2n) is 5.41. The maximum atomic E-state index is 12.4. The first-order valence-corrected chi connectivity index (χ1v) is 7.88. The smallest absolute Gasteiger partial charge is 0.235 e. The average molecular weight is 357 g/mol. The van der Waals surface area contributed by atoms with Crippen molar-refractivity contribution in [3.05, 3.63) is 58.7 Å². The van der Waals surface area contributed by atoms with Gasteiger partial charge in [0.2, 0.25) is 11.9 Å². The summed E-state index contributed by atoms with van der Waals surface area (Å²) in [6.45, 7) is 0. The predicted molar refractivity (Wildman–Crippen MR) is 86.6 cm³/mol. The van der Waals surface area contributed by atoms with Crippen molar-refractivity contribution in [1.82, 2.24) is 14.6 Å². The zero-order valence-electron chi connectivity index (χ0n) is 11.6. The minimum Gasteiger partial charge on any atom is -0.294 e. The number of aromatic nitrogens is 3. The van der Waals surface area contributed by atoms with Gasteiger partial charge < -0.3 is 0 Å². The molecule has 3 aromatic rings. The van der Waals surface area contributed by atoms with Crippen molar-refractivity contribution in [3.63, 3.8) is 0 Å². The molecule has 1 N–H and O–H groups in total. The molecule has 2 aromatic heterocycles. The molecule has 110 valence electrons. The van der Waals surface area contributed by atoms with Crippen LogP contribution in [0.15, 0.2) is 53.1 Å². The summed E-state index contributed by atoms with van der Waals surface area (Å²) in [6.07, 6.45) is 2.70. The number of carbonyl (C=O) groups excluding carboxylic acids is 1. The van der Waals surface area contributed by atoms with E-state index in [0.29, 0.717) is 5.95 Å². The summed E-state index contributed by atoms with van der Waals surface area (Å²) in [5.74, 6) is 0.738. The molecule has 0 radical (unpaired) electrons. The molecule has 2 unspecified atom stereocenters. The highest BCUT2D eigenvalue weighted by Crippen LogP contribution is 2.49. The van der Waals surface area contributed by atoms with Crippen LogP contribution in [0, 0.1) is 5.92 Å². The summed E-state index contributed by atoms with van der Waals surface area (Å²) in [6, 6.07) is 13.7. The highest BCUT2D eigenvalue weighted by molar-refractivity contribution is 9.10. The highest BCUT2D eigenvalue weighted by Gasteiger charge is 2.45. The monoisotopic (exact) mass is 356 g/mol. The van der Waals surface area contributed by atoms with Crippen LogP contribution in [0.25, 0.3) is 5.65 Å². The van der Waals surface area contributed by atoms with Gasteiger partial charge in [-0.15, -0.1) is 10.2 Å². The van der Waals surface area contributed by atoms with E-state index in [0.717, 1.165) is 16.5 Å². The second kappa shape index (κ2) is 5.21. The molecule has 1 saturated carbocycles. The minimum absolute atomic E-state index is 0.00101. The zero-order chi connectivity index (χ0) is 15.1. The first kappa shape index (κ1) is 13.5. The number of nitrogens with one attached hydrogen (secondary N) is 1. The van der Waals surface area contributed by atoms with Crippen LogP contribution >= 0.6 is 15.9 Å². The van der Waals surface area contributed by atoms with Gasteiger partial charge in [-0.05, 0) is 36.1 Å². The Hall–Kier alpha value is -2.21. The van der Waals surface area contributed by atoms with Crippen molar-refractivity contribution < 1.29 is 4.79 Å². The van der Waals surface area contributed by atoms with Crippen molar-refractivity contribution in [2.45, 2.75) is 12.3 Å². The Bertz CT molecular complexity index is 860. The summed E-state index contributed by atoms with van der Waals surface area (Å²) in [4.78, 5) is 12.4. The van der Waals surface area contributed by atoms with Crippen LogP contribution in [-0.4, -0.2) is 20.5 Å². The van der Waals surface area contributed by atoms with E-state index in [4.69, 9.17) is 0 Å². The van der Waals surface area contributed by atoms with Crippen LogP contribution in [0.5, 0.6) is 0 Å². The van der Waals surface area contributed by atoms with Gasteiger partial charge in [-0.25, -0.2) is 0 Å². The Morgan fingerprint density at radius 3 is 2.86 bits per heavy atom. The van der Waals surface area contributed by atoms with Crippen LogP contribution in [0.2, 0.25) is 0 Å². The van der Waals surface area contributed by atoms with Crippen LogP contribution in [-0.2, 0) is 4.79 Å². The van der Waals surface area contributed by atoms with Gasteiger partial charge in [0, 0.05) is 16.6 Å². The number of benzene rings is 1. The fourth-order valence-corrected chi connectivity index (χ4v) is 3.31. The molecular weight excluding hydrogens is 344 g/mol. The fourth-order valence-electron chi connectivity index (χ4n) is 2.73. The number of carbonyl (C=O) groups is 1. The molecule has 22 heavy (non-hydrogen) atoms. The van der Waals surface area contributed by atoms with Gasteiger partial charge in [0.15, 0.2) is 5.65 Å². The number of hydrogen-bond donors (Lipinski definition) is 1. The largest absolute Gasteiger partial charge is 0.294 e. The number of rotatable bonds is 3. The number of pyridine rings is 1. The van der Waals surface area contributed by atoms with E-state index >= 15 is 0 Å². The summed E-state index contributed by atoms with van der Waals surface area (Å²) in [5.41, 5.74) is 1.91. The molecule has 1 fully saturated rings. The third kappa shape index (κ3) is 2.29. The first-order valence-electron chi connectivity index (χ1n) is 7.09. The van der Waals surface area contributed by atoms with Crippen molar-refractivity contribution in [1.29, 1.82) is 0 Å². The van der Waals surface area contributed by atoms with E-state index < -0.39 is 0 Å². The lowest BCUT2D eigenvalue weighted by Gasteiger charge is -2.04. The molecule has 1 aliphatic rings. The van der Waals surface area contributed by atoms with Gasteiger partial charge in [-0.2, -0.15) is 0 Å². The summed E-state index contributed by atoms with van der Waals surface area (Å²) in [5, 5.41) is 10.9. The van der Waals surface area contributed by atoms with Crippen molar-refractivity contribution >= 4 is 33.4 Å². The van der Waals surface area contributed by atoms with Gasteiger partial charge in [0.25, 0.3) is 0 Å². The molecule has 5 nitrogen and oxygen atoms in total. The van der Waals surface area contributed by atoms with Gasteiger partial charge in [-0.3, -0.25) is 14.5 Å². The highest BCUT2D eigenvalue weighted by atomic mass is 79.9.